The molecule has 8 nitrogen and oxygen atoms in total. The van der Waals surface area contributed by atoms with Gasteiger partial charge in [-0.25, -0.2) is 4.79 Å². The van der Waals surface area contributed by atoms with Gasteiger partial charge < -0.3 is 23.8 Å². The van der Waals surface area contributed by atoms with Crippen molar-refractivity contribution in [2.24, 2.45) is 0 Å². The van der Waals surface area contributed by atoms with Crippen LogP contribution in [0.5, 0.6) is 0 Å². The Balaban J connectivity index is 4.55. The van der Waals surface area contributed by atoms with E-state index in [9.17, 15) is 19.5 Å². The predicted octanol–water partition coefficient (Wildman–Crippen LogP) is 5.12. The number of likely N-dealkylation sites (N-methyl/N-ethyl adjacent to an activating group) is 1. The summed E-state index contributed by atoms with van der Waals surface area (Å²) in [5, 5.41) is 9.45. The van der Waals surface area contributed by atoms with E-state index in [1.165, 1.54) is 25.7 Å². The number of aliphatic carboxylic acids is 1. The molecule has 0 saturated heterocycles. The third-order valence-electron chi connectivity index (χ3n) is 6.01. The zero-order valence-corrected chi connectivity index (χ0v) is 23.0. The molecule has 0 rings (SSSR count). The molecule has 0 heterocycles. The summed E-state index contributed by atoms with van der Waals surface area (Å²) in [4.78, 5) is 35.9. The highest BCUT2D eigenvalue weighted by Crippen LogP contribution is 2.11. The Morgan fingerprint density at radius 1 is 0.743 bits per heavy atom. The molecule has 2 unspecified atom stereocenters. The van der Waals surface area contributed by atoms with Gasteiger partial charge >= 0.3 is 17.9 Å². The molecule has 206 valence electrons. The van der Waals surface area contributed by atoms with Crippen LogP contribution in [0.1, 0.15) is 104 Å². The van der Waals surface area contributed by atoms with Gasteiger partial charge in [0, 0.05) is 19.3 Å². The molecule has 0 radical (unpaired) electrons. The Labute approximate surface area is 213 Å². The maximum atomic E-state index is 12.3. The largest absolute Gasteiger partial charge is 0.477 e. The van der Waals surface area contributed by atoms with Crippen molar-refractivity contribution in [3.8, 4) is 0 Å². The van der Waals surface area contributed by atoms with Crippen LogP contribution >= 0.6 is 0 Å². The smallest absolute Gasteiger partial charge is 0.362 e. The van der Waals surface area contributed by atoms with E-state index in [4.69, 9.17) is 14.2 Å². The maximum absolute atomic E-state index is 12.3. The van der Waals surface area contributed by atoms with Gasteiger partial charge in [-0.3, -0.25) is 9.59 Å². The molecule has 35 heavy (non-hydrogen) atoms. The minimum atomic E-state index is -0.879. The number of carboxylic acid groups (broad SMARTS) is 1. The van der Waals surface area contributed by atoms with Crippen molar-refractivity contribution in [2.45, 2.75) is 116 Å². The highest BCUT2D eigenvalue weighted by atomic mass is 16.6. The lowest BCUT2D eigenvalue weighted by Crippen LogP contribution is -2.50. The fourth-order valence-electron chi connectivity index (χ4n) is 3.79. The number of ether oxygens (including phenoxy) is 3. The molecule has 2 atom stereocenters. The third kappa shape index (κ3) is 19.2. The van der Waals surface area contributed by atoms with Gasteiger partial charge in [-0.15, -0.1) is 0 Å². The number of rotatable bonds is 23. The first-order valence-corrected chi connectivity index (χ1v) is 13.6. The Hall–Kier alpha value is -1.67. The summed E-state index contributed by atoms with van der Waals surface area (Å²) in [5.41, 5.74) is 0. The molecule has 0 fully saturated rings. The summed E-state index contributed by atoms with van der Waals surface area (Å²) in [6.45, 7) is 4.53. The first kappa shape index (κ1) is 33.3. The van der Waals surface area contributed by atoms with E-state index in [0.717, 1.165) is 44.9 Å². The van der Waals surface area contributed by atoms with E-state index in [1.54, 1.807) is 0 Å². The van der Waals surface area contributed by atoms with Crippen LogP contribution in [0.15, 0.2) is 0 Å². The quantitative estimate of drug-likeness (QED) is 0.118. The molecule has 0 aromatic rings. The molecule has 0 saturated carbocycles. The highest BCUT2D eigenvalue weighted by molar-refractivity contribution is 5.72. The van der Waals surface area contributed by atoms with E-state index in [-0.39, 0.29) is 36.2 Å². The number of carbonyl (C=O) groups excluding carboxylic acids is 2. The van der Waals surface area contributed by atoms with Gasteiger partial charge in [0.05, 0.1) is 34.4 Å². The first-order chi connectivity index (χ1) is 16.6. The second-order valence-electron chi connectivity index (χ2n) is 10.3. The topological polar surface area (TPSA) is 99.1 Å². The lowest BCUT2D eigenvalue weighted by Gasteiger charge is -2.31. The standard InChI is InChI=1S/C27H51NO7/c1-6-8-10-12-13-14-16-18-26(30)35-23(22-34-25(29)17-15-11-9-7-2)21-33-20-19-24(27(31)32)28(3,4)5/h23-24H,6-22H2,1-5H3/p+1. The minimum absolute atomic E-state index is 0.0486. The molecule has 0 aliphatic rings. The summed E-state index contributed by atoms with van der Waals surface area (Å²) in [6.07, 6.45) is 12.1. The highest BCUT2D eigenvalue weighted by Gasteiger charge is 2.31. The Morgan fingerprint density at radius 2 is 1.26 bits per heavy atom. The fourth-order valence-corrected chi connectivity index (χ4v) is 3.79. The predicted molar refractivity (Wildman–Crippen MR) is 137 cm³/mol. The summed E-state index contributed by atoms with van der Waals surface area (Å²) in [7, 11) is 5.48. The zero-order chi connectivity index (χ0) is 26.5. The van der Waals surface area contributed by atoms with Crippen LogP contribution in [-0.2, 0) is 28.6 Å². The van der Waals surface area contributed by atoms with Gasteiger partial charge in [0.25, 0.3) is 0 Å². The lowest BCUT2D eigenvalue weighted by molar-refractivity contribution is -0.887. The van der Waals surface area contributed by atoms with Crippen molar-refractivity contribution in [3.05, 3.63) is 0 Å². The average molecular weight is 503 g/mol. The molecule has 0 bridgehead atoms. The van der Waals surface area contributed by atoms with Crippen LogP contribution in [0.25, 0.3) is 0 Å². The van der Waals surface area contributed by atoms with Crippen molar-refractivity contribution >= 4 is 17.9 Å². The van der Waals surface area contributed by atoms with Crippen molar-refractivity contribution in [3.63, 3.8) is 0 Å². The van der Waals surface area contributed by atoms with Crippen molar-refractivity contribution in [1.82, 2.24) is 0 Å². The second-order valence-corrected chi connectivity index (χ2v) is 10.3. The van der Waals surface area contributed by atoms with Crippen molar-refractivity contribution in [2.75, 3.05) is 41.0 Å². The molecule has 8 heteroatoms. The van der Waals surface area contributed by atoms with Gasteiger partial charge in [0.2, 0.25) is 0 Å². The SMILES string of the molecule is CCCCCCCCCC(=O)OC(COCCC(C(=O)O)[N+](C)(C)C)COC(=O)CCCCCC. The van der Waals surface area contributed by atoms with E-state index >= 15 is 0 Å². The summed E-state index contributed by atoms with van der Waals surface area (Å²) in [6, 6.07) is -0.603. The maximum Gasteiger partial charge on any atom is 0.362 e. The molecular weight excluding hydrogens is 450 g/mol. The van der Waals surface area contributed by atoms with Gasteiger partial charge in [0.1, 0.15) is 6.61 Å². The normalized spacial score (nSPS) is 13.3. The number of unbranched alkanes of at least 4 members (excludes halogenated alkanes) is 9. The van der Waals surface area contributed by atoms with E-state index in [0.29, 0.717) is 19.3 Å². The Kier molecular flexibility index (Phi) is 19.5. The zero-order valence-electron chi connectivity index (χ0n) is 23.0. The number of nitrogens with zero attached hydrogens (tertiary/aromatic N) is 1. The van der Waals surface area contributed by atoms with Crippen molar-refractivity contribution < 1.29 is 38.2 Å². The van der Waals surface area contributed by atoms with E-state index in [1.807, 2.05) is 21.1 Å². The van der Waals surface area contributed by atoms with Crippen LogP contribution in [0.2, 0.25) is 0 Å². The second kappa shape index (κ2) is 20.5. The first-order valence-electron chi connectivity index (χ1n) is 13.6. The Morgan fingerprint density at radius 3 is 1.80 bits per heavy atom. The van der Waals surface area contributed by atoms with Crippen molar-refractivity contribution in [1.29, 1.82) is 0 Å². The van der Waals surface area contributed by atoms with Gasteiger partial charge in [-0.05, 0) is 12.8 Å². The van der Waals surface area contributed by atoms with Gasteiger partial charge in [-0.1, -0.05) is 71.6 Å². The van der Waals surface area contributed by atoms with E-state index < -0.39 is 18.1 Å². The summed E-state index contributed by atoms with van der Waals surface area (Å²) >= 11 is 0. The molecule has 0 amide bonds. The van der Waals surface area contributed by atoms with Crippen LogP contribution < -0.4 is 0 Å². The van der Waals surface area contributed by atoms with E-state index in [2.05, 4.69) is 13.8 Å². The summed E-state index contributed by atoms with van der Waals surface area (Å²) in [5.74, 6) is -1.50. The number of esters is 2. The van der Waals surface area contributed by atoms with Crippen LogP contribution in [0.4, 0.5) is 0 Å². The lowest BCUT2D eigenvalue weighted by atomic mass is 10.1. The number of carbonyl (C=O) groups is 3. The van der Waals surface area contributed by atoms with Crippen LogP contribution in [0.3, 0.4) is 0 Å². The fraction of sp³-hybridized carbons (Fsp3) is 0.889. The minimum Gasteiger partial charge on any atom is -0.477 e. The molecule has 0 spiro atoms. The van der Waals surface area contributed by atoms with Crippen LogP contribution in [0, 0.1) is 0 Å². The Bertz CT molecular complexity index is 574. The number of hydrogen-bond donors (Lipinski definition) is 1. The molecular formula is C27H52NO7+. The monoisotopic (exact) mass is 502 g/mol. The molecule has 0 aliphatic heterocycles. The molecule has 0 aromatic heterocycles. The van der Waals surface area contributed by atoms with Gasteiger partial charge in [-0.2, -0.15) is 0 Å². The number of quaternary nitrogens is 1. The molecule has 0 aromatic carbocycles. The summed E-state index contributed by atoms with van der Waals surface area (Å²) < 4.78 is 16.8. The number of carboxylic acids is 1. The average Bonchev–Trinajstić information content (AvgIpc) is 2.78. The molecule has 1 N–H and O–H groups in total. The van der Waals surface area contributed by atoms with Gasteiger partial charge in [0.15, 0.2) is 12.1 Å². The number of hydrogen-bond acceptors (Lipinski definition) is 6. The third-order valence-corrected chi connectivity index (χ3v) is 6.01. The van der Waals surface area contributed by atoms with Crippen LogP contribution in [-0.4, -0.2) is 80.6 Å². The molecule has 0 aliphatic carbocycles.